The van der Waals surface area contributed by atoms with Gasteiger partial charge in [0, 0.05) is 17.9 Å². The molecular formula is C23H22FN5O4S. The van der Waals surface area contributed by atoms with Crippen LogP contribution >= 0.6 is 11.3 Å². The van der Waals surface area contributed by atoms with Crippen LogP contribution in [-0.2, 0) is 4.74 Å². The highest BCUT2D eigenvalue weighted by molar-refractivity contribution is 7.13. The maximum atomic E-state index is 13.3. The van der Waals surface area contributed by atoms with E-state index >= 15 is 0 Å². The van der Waals surface area contributed by atoms with E-state index in [9.17, 15) is 18.8 Å². The third-order valence-corrected chi connectivity index (χ3v) is 6.19. The minimum atomic E-state index is -0.495. The summed E-state index contributed by atoms with van der Waals surface area (Å²) in [5.74, 6) is -1.38. The van der Waals surface area contributed by atoms with Crippen LogP contribution in [0.4, 0.5) is 20.6 Å². The quantitative estimate of drug-likeness (QED) is 0.500. The molecular weight excluding hydrogens is 461 g/mol. The van der Waals surface area contributed by atoms with Crippen LogP contribution in [0.5, 0.6) is 0 Å². The Kier molecular flexibility index (Phi) is 7.12. The lowest BCUT2D eigenvalue weighted by Gasteiger charge is -2.23. The molecule has 3 aromatic rings. The Hall–Kier alpha value is -3.86. The topological polar surface area (TPSA) is 114 Å². The second-order valence-corrected chi connectivity index (χ2v) is 8.50. The summed E-state index contributed by atoms with van der Waals surface area (Å²) >= 11 is 1.10. The first kappa shape index (κ1) is 23.3. The number of halogens is 1. The van der Waals surface area contributed by atoms with Crippen molar-refractivity contribution in [3.63, 3.8) is 0 Å². The molecule has 0 unspecified atom stereocenters. The van der Waals surface area contributed by atoms with Crippen LogP contribution in [0.3, 0.4) is 0 Å². The predicted octanol–water partition coefficient (Wildman–Crippen LogP) is 4.48. The van der Waals surface area contributed by atoms with Crippen LogP contribution in [0.25, 0.3) is 0 Å². The van der Waals surface area contributed by atoms with Crippen molar-refractivity contribution >= 4 is 40.6 Å². The third kappa shape index (κ3) is 5.37. The smallest absolute Gasteiger partial charge is 0.338 e. The summed E-state index contributed by atoms with van der Waals surface area (Å²) in [7, 11) is 0. The van der Waals surface area contributed by atoms with Gasteiger partial charge in [0.05, 0.1) is 18.2 Å². The Morgan fingerprint density at radius 2 is 1.91 bits per heavy atom. The fourth-order valence-electron chi connectivity index (χ4n) is 3.58. The lowest BCUT2D eigenvalue weighted by atomic mass is 10.2. The molecule has 34 heavy (non-hydrogen) atoms. The maximum Gasteiger partial charge on any atom is 0.338 e. The summed E-state index contributed by atoms with van der Waals surface area (Å²) in [4.78, 5) is 38.8. The predicted molar refractivity (Wildman–Crippen MR) is 124 cm³/mol. The summed E-state index contributed by atoms with van der Waals surface area (Å²) in [5, 5.41) is 14.2. The lowest BCUT2D eigenvalue weighted by Crippen LogP contribution is -2.34. The largest absolute Gasteiger partial charge is 0.462 e. The van der Waals surface area contributed by atoms with Crippen molar-refractivity contribution in [2.24, 2.45) is 0 Å². The van der Waals surface area contributed by atoms with Crippen molar-refractivity contribution in [3.8, 4) is 0 Å². The number of amides is 3. The molecule has 4 rings (SSSR count). The van der Waals surface area contributed by atoms with Crippen LogP contribution in [0.1, 0.15) is 51.0 Å². The number of urea groups is 1. The number of benzene rings is 2. The monoisotopic (exact) mass is 483 g/mol. The first-order valence-corrected chi connectivity index (χ1v) is 11.5. The van der Waals surface area contributed by atoms with E-state index in [4.69, 9.17) is 4.74 Å². The molecule has 1 fully saturated rings. The summed E-state index contributed by atoms with van der Waals surface area (Å²) < 4.78 is 18.3. The molecule has 9 nitrogen and oxygen atoms in total. The number of ether oxygens (including phenoxy) is 1. The van der Waals surface area contributed by atoms with Crippen LogP contribution in [0.2, 0.25) is 0 Å². The van der Waals surface area contributed by atoms with Gasteiger partial charge in [0.2, 0.25) is 5.01 Å². The number of nitrogens with one attached hydrogen (secondary N) is 2. The van der Waals surface area contributed by atoms with Crippen LogP contribution in [-0.4, -0.2) is 46.2 Å². The second-order valence-electron chi connectivity index (χ2n) is 7.49. The molecule has 2 heterocycles. The number of rotatable bonds is 6. The molecule has 0 saturated carbocycles. The highest BCUT2D eigenvalue weighted by atomic mass is 32.1. The number of carbonyl (C=O) groups is 3. The average Bonchev–Trinajstić information content (AvgIpc) is 3.49. The maximum absolute atomic E-state index is 13.3. The SMILES string of the molecule is CCOC(=O)c1ccc(NC(=O)N2CCC[C@@H]2c2nnc(C(=O)Nc3cccc(F)c3)s2)cc1. The van der Waals surface area contributed by atoms with E-state index in [-0.39, 0.29) is 23.7 Å². The number of likely N-dealkylation sites (tertiary alicyclic amines) is 1. The fourth-order valence-corrected chi connectivity index (χ4v) is 4.46. The molecule has 176 valence electrons. The molecule has 1 saturated heterocycles. The van der Waals surface area contributed by atoms with E-state index in [1.165, 1.54) is 18.2 Å². The molecule has 0 aliphatic carbocycles. The molecule has 0 bridgehead atoms. The Morgan fingerprint density at radius 3 is 2.65 bits per heavy atom. The van der Waals surface area contributed by atoms with Gasteiger partial charge in [-0.2, -0.15) is 0 Å². The normalized spacial score (nSPS) is 15.1. The van der Waals surface area contributed by atoms with E-state index in [2.05, 4.69) is 20.8 Å². The summed E-state index contributed by atoms with van der Waals surface area (Å²) in [6.07, 6.45) is 1.47. The molecule has 1 atom stereocenters. The van der Waals surface area contributed by atoms with Gasteiger partial charge in [-0.1, -0.05) is 17.4 Å². The molecule has 2 aromatic carbocycles. The van der Waals surface area contributed by atoms with E-state index in [0.717, 1.165) is 17.8 Å². The van der Waals surface area contributed by atoms with Gasteiger partial charge in [-0.15, -0.1) is 10.2 Å². The number of hydrogen-bond acceptors (Lipinski definition) is 7. The molecule has 3 amide bonds. The molecule has 1 aliphatic rings. The number of aromatic nitrogens is 2. The molecule has 2 N–H and O–H groups in total. The average molecular weight is 484 g/mol. The summed E-state index contributed by atoms with van der Waals surface area (Å²) in [6.45, 7) is 2.55. The van der Waals surface area contributed by atoms with E-state index in [1.807, 2.05) is 0 Å². The number of anilines is 2. The number of esters is 1. The first-order valence-electron chi connectivity index (χ1n) is 10.7. The van der Waals surface area contributed by atoms with Crippen molar-refractivity contribution in [1.82, 2.24) is 15.1 Å². The van der Waals surface area contributed by atoms with Gasteiger partial charge in [0.25, 0.3) is 5.91 Å². The zero-order valence-corrected chi connectivity index (χ0v) is 19.1. The van der Waals surface area contributed by atoms with Crippen molar-refractivity contribution in [3.05, 3.63) is 69.9 Å². The molecule has 1 aromatic heterocycles. The van der Waals surface area contributed by atoms with Crippen molar-refractivity contribution in [2.75, 3.05) is 23.8 Å². The van der Waals surface area contributed by atoms with Gasteiger partial charge in [-0.25, -0.2) is 14.0 Å². The Balaban J connectivity index is 1.40. The minimum Gasteiger partial charge on any atom is -0.462 e. The summed E-state index contributed by atoms with van der Waals surface area (Å²) in [6, 6.07) is 11.4. The second kappa shape index (κ2) is 10.4. The molecule has 11 heteroatoms. The number of carbonyl (C=O) groups excluding carboxylic acids is 3. The van der Waals surface area contributed by atoms with Gasteiger partial charge in [-0.05, 0) is 62.2 Å². The van der Waals surface area contributed by atoms with Gasteiger partial charge < -0.3 is 20.3 Å². The molecule has 1 aliphatic heterocycles. The Bertz CT molecular complexity index is 1200. The lowest BCUT2D eigenvalue weighted by molar-refractivity contribution is 0.0526. The van der Waals surface area contributed by atoms with Crippen molar-refractivity contribution in [1.29, 1.82) is 0 Å². The van der Waals surface area contributed by atoms with Crippen molar-refractivity contribution in [2.45, 2.75) is 25.8 Å². The number of nitrogens with zero attached hydrogens (tertiary/aromatic N) is 3. The summed E-state index contributed by atoms with van der Waals surface area (Å²) in [5.41, 5.74) is 1.26. The third-order valence-electron chi connectivity index (χ3n) is 5.16. The Labute approximate surface area is 198 Å². The van der Waals surface area contributed by atoms with Gasteiger partial charge in [-0.3, -0.25) is 4.79 Å². The highest BCUT2D eigenvalue weighted by Gasteiger charge is 2.33. The molecule has 0 spiro atoms. The minimum absolute atomic E-state index is 0.126. The van der Waals surface area contributed by atoms with Gasteiger partial charge in [0.1, 0.15) is 10.8 Å². The van der Waals surface area contributed by atoms with Crippen molar-refractivity contribution < 1.29 is 23.5 Å². The molecule has 0 radical (unpaired) electrons. The van der Waals surface area contributed by atoms with Gasteiger partial charge >= 0.3 is 12.0 Å². The first-order chi connectivity index (χ1) is 16.4. The van der Waals surface area contributed by atoms with E-state index in [0.29, 0.717) is 34.9 Å². The van der Waals surface area contributed by atoms with Crippen LogP contribution in [0, 0.1) is 5.82 Å². The zero-order chi connectivity index (χ0) is 24.1. The highest BCUT2D eigenvalue weighted by Crippen LogP contribution is 2.34. The number of hydrogen-bond donors (Lipinski definition) is 2. The zero-order valence-electron chi connectivity index (χ0n) is 18.3. The Morgan fingerprint density at radius 1 is 1.12 bits per heavy atom. The van der Waals surface area contributed by atoms with E-state index < -0.39 is 17.7 Å². The van der Waals surface area contributed by atoms with Crippen LogP contribution in [0.15, 0.2) is 48.5 Å². The standard InChI is InChI=1S/C23H22FN5O4S/c1-2-33-22(31)14-8-10-16(11-9-14)26-23(32)29-12-4-7-18(29)20-27-28-21(34-20)19(30)25-17-6-3-5-15(24)13-17/h3,5-6,8-11,13,18H,2,4,7,12H2,1H3,(H,25,30)(H,26,32)/t18-/m1/s1. The van der Waals surface area contributed by atoms with Gasteiger partial charge in [0.15, 0.2) is 0 Å². The van der Waals surface area contributed by atoms with Crippen LogP contribution < -0.4 is 10.6 Å². The van der Waals surface area contributed by atoms with E-state index in [1.54, 1.807) is 42.2 Å². The fraction of sp³-hybridized carbons (Fsp3) is 0.261.